The van der Waals surface area contributed by atoms with Crippen LogP contribution in [0.5, 0.6) is 0 Å². The predicted molar refractivity (Wildman–Crippen MR) is 78.3 cm³/mol. The second-order valence-corrected chi connectivity index (χ2v) is 4.85. The van der Waals surface area contributed by atoms with Crippen LogP contribution < -0.4 is 10.6 Å². The van der Waals surface area contributed by atoms with Crippen molar-refractivity contribution in [3.05, 3.63) is 47.8 Å². The van der Waals surface area contributed by atoms with Gasteiger partial charge in [-0.2, -0.15) is 5.10 Å². The molecule has 0 fully saturated rings. The monoisotopic (exact) mass is 273 g/mol. The first-order chi connectivity index (χ1) is 9.63. The Morgan fingerprint density at radius 1 is 1.35 bits per heavy atom. The van der Waals surface area contributed by atoms with Crippen molar-refractivity contribution in [2.24, 2.45) is 0 Å². The molecule has 106 valence electrons. The van der Waals surface area contributed by atoms with Gasteiger partial charge in [0, 0.05) is 19.3 Å². The number of aromatic amines is 1. The summed E-state index contributed by atoms with van der Waals surface area (Å²) >= 11 is 0. The minimum absolute atomic E-state index is 0.246. The van der Waals surface area contributed by atoms with E-state index in [9.17, 15) is 4.79 Å². The van der Waals surface area contributed by atoms with Gasteiger partial charge in [-0.15, -0.1) is 0 Å². The number of rotatable bonds is 5. The van der Waals surface area contributed by atoms with Crippen LogP contribution in [0.4, 0.5) is 10.5 Å². The minimum Gasteiger partial charge on any atom is -0.334 e. The number of benzene rings is 1. The number of urea groups is 1. The molecule has 2 amide bonds. The fourth-order valence-electron chi connectivity index (χ4n) is 1.88. The number of hydrogen-bond acceptors (Lipinski definition) is 3. The number of amides is 2. The molecule has 0 saturated carbocycles. The first-order valence-electron chi connectivity index (χ1n) is 6.39. The van der Waals surface area contributed by atoms with Gasteiger partial charge in [-0.1, -0.05) is 24.3 Å². The lowest BCUT2D eigenvalue weighted by molar-refractivity contribution is 0.251. The average molecular weight is 273 g/mol. The van der Waals surface area contributed by atoms with Gasteiger partial charge in [0.2, 0.25) is 0 Å². The topological polar surface area (TPSA) is 73.1 Å². The zero-order valence-electron chi connectivity index (χ0n) is 11.7. The molecule has 0 unspecified atom stereocenters. The van der Waals surface area contributed by atoms with E-state index in [1.165, 1.54) is 5.56 Å². The fraction of sp³-hybridized carbons (Fsp3) is 0.286. The molecule has 6 heteroatoms. The van der Waals surface area contributed by atoms with E-state index in [2.05, 4.69) is 37.9 Å². The molecule has 0 spiro atoms. The summed E-state index contributed by atoms with van der Waals surface area (Å²) in [4.78, 5) is 13.8. The predicted octanol–water partition coefficient (Wildman–Crippen LogP) is 1.79. The average Bonchev–Trinajstić information content (AvgIpc) is 2.89. The highest BCUT2D eigenvalue weighted by atomic mass is 16.2. The number of nitrogens with zero attached hydrogens (tertiary/aromatic N) is 2. The van der Waals surface area contributed by atoms with Gasteiger partial charge in [-0.3, -0.25) is 5.10 Å². The quantitative estimate of drug-likeness (QED) is 0.777. The Kier molecular flexibility index (Phi) is 4.73. The van der Waals surface area contributed by atoms with Gasteiger partial charge in [-0.25, -0.2) is 4.79 Å². The molecule has 2 aromatic rings. The molecule has 1 heterocycles. The van der Waals surface area contributed by atoms with E-state index in [1.807, 2.05) is 26.2 Å². The smallest absolute Gasteiger partial charge is 0.319 e. The van der Waals surface area contributed by atoms with Crippen molar-refractivity contribution in [3.8, 4) is 0 Å². The maximum Gasteiger partial charge on any atom is 0.319 e. The molecule has 0 radical (unpaired) electrons. The summed E-state index contributed by atoms with van der Waals surface area (Å²) in [5.74, 6) is 0. The Morgan fingerprint density at radius 2 is 2.15 bits per heavy atom. The van der Waals surface area contributed by atoms with Gasteiger partial charge in [0.25, 0.3) is 0 Å². The summed E-state index contributed by atoms with van der Waals surface area (Å²) in [6.45, 7) is 1.38. The van der Waals surface area contributed by atoms with Crippen molar-refractivity contribution >= 4 is 11.7 Å². The van der Waals surface area contributed by atoms with E-state index in [0.717, 1.165) is 12.1 Å². The molecule has 20 heavy (non-hydrogen) atoms. The third kappa shape index (κ3) is 4.40. The number of anilines is 1. The summed E-state index contributed by atoms with van der Waals surface area (Å²) in [5, 5.41) is 11.9. The highest BCUT2D eigenvalue weighted by Crippen LogP contribution is 2.07. The first-order valence-corrected chi connectivity index (χ1v) is 6.39. The van der Waals surface area contributed by atoms with Gasteiger partial charge < -0.3 is 15.5 Å². The van der Waals surface area contributed by atoms with Gasteiger partial charge in [-0.05, 0) is 25.2 Å². The lowest BCUT2D eigenvalue weighted by Crippen LogP contribution is -2.28. The van der Waals surface area contributed by atoms with Crippen molar-refractivity contribution < 1.29 is 4.79 Å². The molecule has 0 aliphatic heterocycles. The number of hydrogen-bond donors (Lipinski definition) is 3. The van der Waals surface area contributed by atoms with E-state index < -0.39 is 0 Å². The van der Waals surface area contributed by atoms with Crippen LogP contribution in [0.25, 0.3) is 0 Å². The second kappa shape index (κ2) is 6.72. The molecule has 0 atom stereocenters. The Balaban J connectivity index is 1.85. The van der Waals surface area contributed by atoms with E-state index in [0.29, 0.717) is 12.2 Å². The van der Waals surface area contributed by atoms with E-state index in [4.69, 9.17) is 0 Å². The number of carbonyl (C=O) groups excluding carboxylic acids is 1. The van der Waals surface area contributed by atoms with Crippen molar-refractivity contribution in [2.75, 3.05) is 19.4 Å². The SMILES string of the molecule is CN(C)Cc1cccc(CNC(=O)Nc2cn[nH]c2)c1. The standard InChI is InChI=1S/C14H19N5O/c1-19(2)10-12-5-3-4-11(6-12)7-15-14(20)18-13-8-16-17-9-13/h3-6,8-9H,7,10H2,1-2H3,(H,16,17)(H2,15,18,20). The third-order valence-electron chi connectivity index (χ3n) is 2.70. The normalized spacial score (nSPS) is 10.6. The molecule has 0 aliphatic carbocycles. The van der Waals surface area contributed by atoms with Gasteiger partial charge in [0.05, 0.1) is 11.9 Å². The molecule has 6 nitrogen and oxygen atoms in total. The third-order valence-corrected chi connectivity index (χ3v) is 2.70. The molecule has 2 rings (SSSR count). The summed E-state index contributed by atoms with van der Waals surface area (Å²) in [6, 6.07) is 7.93. The van der Waals surface area contributed by atoms with Gasteiger partial charge in [0.15, 0.2) is 0 Å². The first kappa shape index (κ1) is 14.1. The van der Waals surface area contributed by atoms with E-state index >= 15 is 0 Å². The molecule has 0 bridgehead atoms. The summed E-state index contributed by atoms with van der Waals surface area (Å²) < 4.78 is 0. The van der Waals surface area contributed by atoms with Crippen LogP contribution in [0.15, 0.2) is 36.7 Å². The fourth-order valence-corrected chi connectivity index (χ4v) is 1.88. The van der Waals surface area contributed by atoms with Crippen molar-refractivity contribution in [1.29, 1.82) is 0 Å². The maximum absolute atomic E-state index is 11.7. The number of H-pyrrole nitrogens is 1. The van der Waals surface area contributed by atoms with E-state index in [1.54, 1.807) is 12.4 Å². The molecule has 1 aromatic carbocycles. The Bertz CT molecular complexity index is 550. The van der Waals surface area contributed by atoms with Gasteiger partial charge in [0.1, 0.15) is 0 Å². The number of aromatic nitrogens is 2. The summed E-state index contributed by atoms with van der Waals surface area (Å²) in [7, 11) is 4.06. The summed E-state index contributed by atoms with van der Waals surface area (Å²) in [6.07, 6.45) is 3.18. The van der Waals surface area contributed by atoms with E-state index in [-0.39, 0.29) is 6.03 Å². The minimum atomic E-state index is -0.246. The van der Waals surface area contributed by atoms with Crippen molar-refractivity contribution in [2.45, 2.75) is 13.1 Å². The van der Waals surface area contributed by atoms with Crippen LogP contribution in [-0.2, 0) is 13.1 Å². The Hall–Kier alpha value is -2.34. The molecule has 0 saturated heterocycles. The zero-order valence-corrected chi connectivity index (χ0v) is 11.7. The van der Waals surface area contributed by atoms with Crippen LogP contribution >= 0.6 is 0 Å². The lowest BCUT2D eigenvalue weighted by atomic mass is 10.1. The van der Waals surface area contributed by atoms with Gasteiger partial charge >= 0.3 is 6.03 Å². The second-order valence-electron chi connectivity index (χ2n) is 4.85. The maximum atomic E-state index is 11.7. The highest BCUT2D eigenvalue weighted by Gasteiger charge is 2.03. The lowest BCUT2D eigenvalue weighted by Gasteiger charge is -2.11. The van der Waals surface area contributed by atoms with Crippen molar-refractivity contribution in [1.82, 2.24) is 20.4 Å². The van der Waals surface area contributed by atoms with Crippen LogP contribution in [0.3, 0.4) is 0 Å². The molecule has 0 aliphatic rings. The Morgan fingerprint density at radius 3 is 2.85 bits per heavy atom. The summed E-state index contributed by atoms with van der Waals surface area (Å²) in [5.41, 5.74) is 2.94. The molecular formula is C14H19N5O. The van der Waals surface area contributed by atoms with Crippen molar-refractivity contribution in [3.63, 3.8) is 0 Å². The molecular weight excluding hydrogens is 254 g/mol. The molecule has 3 N–H and O–H groups in total. The van der Waals surface area contributed by atoms with Crippen LogP contribution in [0, 0.1) is 0 Å². The number of carbonyl (C=O) groups is 1. The Labute approximate surface area is 118 Å². The number of nitrogens with one attached hydrogen (secondary N) is 3. The van der Waals surface area contributed by atoms with Crippen LogP contribution in [-0.4, -0.2) is 35.2 Å². The zero-order chi connectivity index (χ0) is 14.4. The highest BCUT2D eigenvalue weighted by molar-refractivity contribution is 5.88. The van der Waals surface area contributed by atoms with Crippen LogP contribution in [0.1, 0.15) is 11.1 Å². The largest absolute Gasteiger partial charge is 0.334 e. The molecule has 1 aromatic heterocycles. The van der Waals surface area contributed by atoms with Crippen LogP contribution in [0.2, 0.25) is 0 Å².